The number of ether oxygens (including phenoxy) is 1. The lowest BCUT2D eigenvalue weighted by atomic mass is 10.2. The van der Waals surface area contributed by atoms with E-state index in [0.717, 1.165) is 51.4 Å². The number of benzene rings is 1. The molecule has 4 rings (SSSR count). The van der Waals surface area contributed by atoms with Crippen molar-refractivity contribution in [2.45, 2.75) is 30.0 Å². The fourth-order valence-corrected chi connectivity index (χ4v) is 5.35. The van der Waals surface area contributed by atoms with Gasteiger partial charge in [0.25, 0.3) is 0 Å². The molecule has 3 aromatic heterocycles. The van der Waals surface area contributed by atoms with Gasteiger partial charge in [-0.15, -0.1) is 11.3 Å². The number of hydrogen-bond donors (Lipinski definition) is 2. The van der Waals surface area contributed by atoms with Gasteiger partial charge >= 0.3 is 0 Å². The zero-order valence-corrected chi connectivity index (χ0v) is 18.5. The summed E-state index contributed by atoms with van der Waals surface area (Å²) < 4.78 is 23.7. The van der Waals surface area contributed by atoms with Gasteiger partial charge in [0, 0.05) is 32.0 Å². The molecular formula is C21H25N5O2S2. The smallest absolute Gasteiger partial charge is 0.152 e. The van der Waals surface area contributed by atoms with Crippen LogP contribution in [0.2, 0.25) is 0 Å². The van der Waals surface area contributed by atoms with E-state index in [4.69, 9.17) is 15.5 Å². The molecule has 30 heavy (non-hydrogen) atoms. The Hall–Kier alpha value is -2.33. The number of rotatable bonds is 10. The predicted molar refractivity (Wildman–Crippen MR) is 123 cm³/mol. The molecule has 0 saturated heterocycles. The zero-order chi connectivity index (χ0) is 20.9. The molecule has 1 atom stereocenters. The molecule has 1 aromatic carbocycles. The van der Waals surface area contributed by atoms with Crippen molar-refractivity contribution in [1.82, 2.24) is 19.3 Å². The van der Waals surface area contributed by atoms with Crippen molar-refractivity contribution in [2.75, 3.05) is 26.0 Å². The van der Waals surface area contributed by atoms with E-state index in [2.05, 4.69) is 20.3 Å². The molecule has 9 heteroatoms. The largest absolute Gasteiger partial charge is 0.384 e. The van der Waals surface area contributed by atoms with Gasteiger partial charge in [-0.05, 0) is 30.4 Å². The summed E-state index contributed by atoms with van der Waals surface area (Å²) in [5, 5.41) is 2.99. The van der Waals surface area contributed by atoms with Crippen molar-refractivity contribution in [3.05, 3.63) is 47.6 Å². The minimum Gasteiger partial charge on any atom is -0.384 e. The number of nitrogens with two attached hydrogens (primary N) is 1. The Morgan fingerprint density at radius 3 is 2.87 bits per heavy atom. The van der Waals surface area contributed by atoms with Crippen LogP contribution in [0.3, 0.4) is 0 Å². The molecule has 4 aromatic rings. The number of unbranched alkanes of at least 4 members (excludes halogenated alkanes) is 1. The number of imidazole rings is 1. The molecule has 0 saturated carbocycles. The van der Waals surface area contributed by atoms with Gasteiger partial charge in [0.1, 0.15) is 26.5 Å². The number of pyridine rings is 1. The number of methoxy groups -OCH3 is 1. The standard InChI is InChI=1S/C21H25N5O2S2/c1-28-13-10-17-25-19-20(15-7-2-3-8-16(15)24-21(19)22)26(17)12-5-4-11-23-30(27)18-9-6-14-29-18/h2-3,6-9,14,23H,4-5,10-13H2,1H3,(H2,22,24). The Balaban J connectivity index is 1.53. The lowest BCUT2D eigenvalue weighted by Crippen LogP contribution is -2.18. The second kappa shape index (κ2) is 9.65. The summed E-state index contributed by atoms with van der Waals surface area (Å²) in [6.07, 6.45) is 2.54. The zero-order valence-electron chi connectivity index (χ0n) is 16.8. The number of para-hydroxylation sites is 1. The van der Waals surface area contributed by atoms with Gasteiger partial charge in [-0.2, -0.15) is 0 Å². The van der Waals surface area contributed by atoms with Crippen molar-refractivity contribution in [3.63, 3.8) is 0 Å². The van der Waals surface area contributed by atoms with Crippen LogP contribution in [0.4, 0.5) is 5.82 Å². The van der Waals surface area contributed by atoms with Crippen LogP contribution in [-0.2, 0) is 28.7 Å². The van der Waals surface area contributed by atoms with Crippen molar-refractivity contribution in [2.24, 2.45) is 0 Å². The number of aryl methyl sites for hydroxylation is 1. The van der Waals surface area contributed by atoms with Gasteiger partial charge in [-0.1, -0.05) is 24.3 Å². The van der Waals surface area contributed by atoms with E-state index in [1.54, 1.807) is 7.11 Å². The topological polar surface area (TPSA) is 95.1 Å². The number of nitrogen functional groups attached to an aromatic ring is 1. The number of hydrogen-bond acceptors (Lipinski definition) is 6. The summed E-state index contributed by atoms with van der Waals surface area (Å²) in [6.45, 7) is 2.08. The molecule has 0 fully saturated rings. The summed E-state index contributed by atoms with van der Waals surface area (Å²) in [6, 6.07) is 11.8. The van der Waals surface area contributed by atoms with Crippen LogP contribution in [-0.4, -0.2) is 39.0 Å². The van der Waals surface area contributed by atoms with Crippen LogP contribution < -0.4 is 10.5 Å². The van der Waals surface area contributed by atoms with Gasteiger partial charge < -0.3 is 15.0 Å². The average Bonchev–Trinajstić information content (AvgIpc) is 3.41. The minimum absolute atomic E-state index is 0.453. The molecule has 0 aliphatic rings. The molecule has 0 amide bonds. The summed E-state index contributed by atoms with van der Waals surface area (Å²) in [4.78, 5) is 9.31. The van der Waals surface area contributed by atoms with Gasteiger partial charge in [0.15, 0.2) is 5.82 Å². The molecular weight excluding hydrogens is 418 g/mol. The van der Waals surface area contributed by atoms with Crippen LogP contribution in [0.1, 0.15) is 18.7 Å². The van der Waals surface area contributed by atoms with Crippen molar-refractivity contribution in [3.8, 4) is 0 Å². The molecule has 0 aliphatic heterocycles. The molecule has 3 heterocycles. The fourth-order valence-electron chi connectivity index (χ4n) is 3.53. The highest BCUT2D eigenvalue weighted by Gasteiger charge is 2.17. The molecule has 7 nitrogen and oxygen atoms in total. The van der Waals surface area contributed by atoms with E-state index >= 15 is 0 Å². The second-order valence-corrected chi connectivity index (χ2v) is 9.41. The third-order valence-corrected chi connectivity index (χ3v) is 7.31. The van der Waals surface area contributed by atoms with Crippen LogP contribution in [0.5, 0.6) is 0 Å². The summed E-state index contributed by atoms with van der Waals surface area (Å²) in [7, 11) is 0.555. The van der Waals surface area contributed by atoms with Crippen molar-refractivity contribution < 1.29 is 8.95 Å². The maximum Gasteiger partial charge on any atom is 0.152 e. The first kappa shape index (κ1) is 20.9. The average molecular weight is 444 g/mol. The Morgan fingerprint density at radius 2 is 2.07 bits per heavy atom. The monoisotopic (exact) mass is 443 g/mol. The van der Waals surface area contributed by atoms with E-state index in [1.165, 1.54) is 11.3 Å². The summed E-state index contributed by atoms with van der Waals surface area (Å²) >= 11 is 1.50. The van der Waals surface area contributed by atoms with E-state index in [9.17, 15) is 4.21 Å². The molecule has 0 aliphatic carbocycles. The highest BCUT2D eigenvalue weighted by Crippen LogP contribution is 2.29. The predicted octanol–water partition coefficient (Wildman–Crippen LogP) is 3.51. The SMILES string of the molecule is COCCc1nc2c(N)nc3ccccc3c2n1CCCCNS(=O)c1cccs1. The Labute approximate surface area is 181 Å². The van der Waals surface area contributed by atoms with Gasteiger partial charge in [0.2, 0.25) is 0 Å². The van der Waals surface area contributed by atoms with Crippen LogP contribution in [0.25, 0.3) is 21.9 Å². The third kappa shape index (κ3) is 4.39. The van der Waals surface area contributed by atoms with E-state index in [1.807, 2.05) is 35.7 Å². The molecule has 0 spiro atoms. The Kier molecular flexibility index (Phi) is 6.73. The fraction of sp³-hybridized carbons (Fsp3) is 0.333. The number of fused-ring (bicyclic) bond motifs is 3. The highest BCUT2D eigenvalue weighted by molar-refractivity contribution is 7.85. The molecule has 0 bridgehead atoms. The van der Waals surface area contributed by atoms with E-state index in [0.29, 0.717) is 25.4 Å². The van der Waals surface area contributed by atoms with Crippen LogP contribution in [0.15, 0.2) is 46.0 Å². The minimum atomic E-state index is -1.14. The Morgan fingerprint density at radius 1 is 1.20 bits per heavy atom. The summed E-state index contributed by atoms with van der Waals surface area (Å²) in [5.41, 5.74) is 8.87. The maximum atomic E-state index is 12.2. The number of thiophene rings is 1. The highest BCUT2D eigenvalue weighted by atomic mass is 32.2. The first-order valence-corrected chi connectivity index (χ1v) is 11.9. The summed E-state index contributed by atoms with van der Waals surface area (Å²) in [5.74, 6) is 1.40. The molecule has 158 valence electrons. The van der Waals surface area contributed by atoms with Crippen molar-refractivity contribution in [1.29, 1.82) is 0 Å². The third-order valence-electron chi connectivity index (χ3n) is 4.94. The number of aromatic nitrogens is 3. The molecule has 0 radical (unpaired) electrons. The number of nitrogens with zero attached hydrogens (tertiary/aromatic N) is 3. The van der Waals surface area contributed by atoms with Gasteiger partial charge in [-0.3, -0.25) is 0 Å². The second-order valence-electron chi connectivity index (χ2n) is 6.94. The molecule has 1 unspecified atom stereocenters. The number of anilines is 1. The first-order valence-electron chi connectivity index (χ1n) is 9.90. The number of nitrogens with one attached hydrogen (secondary N) is 1. The molecule has 3 N–H and O–H groups in total. The van der Waals surface area contributed by atoms with Crippen molar-refractivity contribution >= 4 is 50.1 Å². The first-order chi connectivity index (χ1) is 14.7. The van der Waals surface area contributed by atoms with Gasteiger partial charge in [-0.25, -0.2) is 18.9 Å². The van der Waals surface area contributed by atoms with E-state index in [-0.39, 0.29) is 0 Å². The van der Waals surface area contributed by atoms with Crippen LogP contribution >= 0.6 is 11.3 Å². The maximum absolute atomic E-state index is 12.2. The Bertz CT molecular complexity index is 1160. The lowest BCUT2D eigenvalue weighted by Gasteiger charge is -2.11. The van der Waals surface area contributed by atoms with E-state index < -0.39 is 11.0 Å². The van der Waals surface area contributed by atoms with Gasteiger partial charge in [0.05, 0.1) is 17.6 Å². The quantitative estimate of drug-likeness (QED) is 0.366. The van der Waals surface area contributed by atoms with Crippen LogP contribution in [0, 0.1) is 0 Å². The normalized spacial score (nSPS) is 12.7. The lowest BCUT2D eigenvalue weighted by molar-refractivity contribution is 0.199.